The molecule has 4 N–H and O–H groups in total. The molecule has 0 atom stereocenters. The third-order valence-corrected chi connectivity index (χ3v) is 6.75. The van der Waals surface area contributed by atoms with Gasteiger partial charge in [0.1, 0.15) is 12.1 Å². The number of nitrogens with two attached hydrogens (primary N) is 1. The smallest absolute Gasteiger partial charge is 0.242 e. The summed E-state index contributed by atoms with van der Waals surface area (Å²) in [4.78, 5) is 20.5. The third-order valence-electron chi connectivity index (χ3n) is 5.06. The number of carbonyl (C=O) groups is 1. The average molecular weight is 353 g/mol. The molecule has 8 nitrogen and oxygen atoms in total. The zero-order valence-electron chi connectivity index (χ0n) is 13.7. The summed E-state index contributed by atoms with van der Waals surface area (Å²) in [5.41, 5.74) is 0.907. The van der Waals surface area contributed by atoms with E-state index in [4.69, 9.17) is 5.14 Å². The molecular formula is C15H23N5O3S. The van der Waals surface area contributed by atoms with E-state index in [0.29, 0.717) is 31.3 Å². The van der Waals surface area contributed by atoms with Gasteiger partial charge in [-0.1, -0.05) is 0 Å². The highest BCUT2D eigenvalue weighted by Crippen LogP contribution is 2.38. The summed E-state index contributed by atoms with van der Waals surface area (Å²) in [6.07, 6.45) is 4.70. The summed E-state index contributed by atoms with van der Waals surface area (Å²) in [6, 6.07) is 2.21. The van der Waals surface area contributed by atoms with Gasteiger partial charge in [0.25, 0.3) is 0 Å². The summed E-state index contributed by atoms with van der Waals surface area (Å²) in [6.45, 7) is 2.39. The van der Waals surface area contributed by atoms with Gasteiger partial charge in [-0.2, -0.15) is 0 Å². The minimum atomic E-state index is -3.86. The van der Waals surface area contributed by atoms with Crippen LogP contribution < -0.4 is 15.8 Å². The lowest BCUT2D eigenvalue weighted by molar-refractivity contribution is -0.126. The lowest BCUT2D eigenvalue weighted by Gasteiger charge is -2.40. The van der Waals surface area contributed by atoms with Crippen molar-refractivity contribution in [1.29, 1.82) is 0 Å². The van der Waals surface area contributed by atoms with Gasteiger partial charge in [0.2, 0.25) is 15.9 Å². The van der Waals surface area contributed by atoms with Crippen molar-refractivity contribution >= 4 is 21.7 Å². The van der Waals surface area contributed by atoms with E-state index in [0.717, 1.165) is 30.8 Å². The van der Waals surface area contributed by atoms with Crippen LogP contribution in [0.1, 0.15) is 37.8 Å². The highest BCUT2D eigenvalue weighted by molar-refractivity contribution is 7.91. The molecule has 9 heteroatoms. The van der Waals surface area contributed by atoms with Gasteiger partial charge in [0, 0.05) is 24.3 Å². The van der Waals surface area contributed by atoms with Crippen LogP contribution in [0.5, 0.6) is 0 Å². The molecule has 0 aromatic carbocycles. The molecular weight excluding hydrogens is 330 g/mol. The molecule has 2 saturated carbocycles. The Morgan fingerprint density at radius 2 is 2.08 bits per heavy atom. The molecule has 24 heavy (non-hydrogen) atoms. The van der Waals surface area contributed by atoms with Gasteiger partial charge in [-0.15, -0.1) is 0 Å². The predicted molar refractivity (Wildman–Crippen MR) is 89.6 cm³/mol. The number of amides is 1. The highest BCUT2D eigenvalue weighted by Gasteiger charge is 2.53. The SMILES string of the molecule is Cc1cc(NC2CC(CNC(=O)C3(S(N)(=O)=O)CCC3)C2)ncn1. The number of primary sulfonamides is 1. The third kappa shape index (κ3) is 3.23. The van der Waals surface area contributed by atoms with Gasteiger partial charge in [0.05, 0.1) is 0 Å². The maximum atomic E-state index is 12.2. The van der Waals surface area contributed by atoms with Crippen molar-refractivity contribution in [3.63, 3.8) is 0 Å². The van der Waals surface area contributed by atoms with Crippen LogP contribution in [0.15, 0.2) is 12.4 Å². The first-order valence-electron chi connectivity index (χ1n) is 8.16. The van der Waals surface area contributed by atoms with Crippen molar-refractivity contribution in [2.75, 3.05) is 11.9 Å². The van der Waals surface area contributed by atoms with Crippen molar-refractivity contribution in [3.8, 4) is 0 Å². The molecule has 1 heterocycles. The Hall–Kier alpha value is -1.74. The van der Waals surface area contributed by atoms with Crippen LogP contribution in [0.4, 0.5) is 5.82 Å². The summed E-state index contributed by atoms with van der Waals surface area (Å²) in [5, 5.41) is 11.3. The number of carbonyl (C=O) groups excluding carboxylic acids is 1. The zero-order chi connectivity index (χ0) is 17.4. The van der Waals surface area contributed by atoms with Crippen molar-refractivity contribution in [2.24, 2.45) is 11.1 Å². The number of nitrogens with one attached hydrogen (secondary N) is 2. The van der Waals surface area contributed by atoms with E-state index in [1.54, 1.807) is 0 Å². The van der Waals surface area contributed by atoms with E-state index in [2.05, 4.69) is 20.6 Å². The first-order valence-corrected chi connectivity index (χ1v) is 9.71. The zero-order valence-corrected chi connectivity index (χ0v) is 14.5. The van der Waals surface area contributed by atoms with E-state index in [-0.39, 0.29) is 0 Å². The lowest BCUT2D eigenvalue weighted by atomic mass is 9.79. The topological polar surface area (TPSA) is 127 Å². The molecule has 132 valence electrons. The summed E-state index contributed by atoms with van der Waals surface area (Å²) >= 11 is 0. The number of aryl methyl sites for hydroxylation is 1. The number of sulfonamides is 1. The van der Waals surface area contributed by atoms with Gasteiger partial charge in [-0.25, -0.2) is 23.5 Å². The molecule has 0 radical (unpaired) electrons. The van der Waals surface area contributed by atoms with Crippen molar-refractivity contribution in [2.45, 2.75) is 49.8 Å². The average Bonchev–Trinajstić information content (AvgIpc) is 2.38. The number of nitrogens with zero attached hydrogens (tertiary/aromatic N) is 2. The summed E-state index contributed by atoms with van der Waals surface area (Å²) in [5.74, 6) is 0.698. The van der Waals surface area contributed by atoms with Gasteiger partial charge in [0.15, 0.2) is 4.75 Å². The predicted octanol–water partition coefficient (Wildman–Crippen LogP) is 0.303. The molecule has 1 aromatic rings. The maximum absolute atomic E-state index is 12.2. The number of rotatable bonds is 6. The fourth-order valence-electron chi connectivity index (χ4n) is 3.30. The van der Waals surface area contributed by atoms with E-state index >= 15 is 0 Å². The van der Waals surface area contributed by atoms with Crippen LogP contribution in [0.25, 0.3) is 0 Å². The molecule has 2 aliphatic carbocycles. The Morgan fingerprint density at radius 3 is 2.62 bits per heavy atom. The Kier molecular flexibility index (Phi) is 4.48. The van der Waals surface area contributed by atoms with E-state index in [9.17, 15) is 13.2 Å². The van der Waals surface area contributed by atoms with Crippen molar-refractivity contribution in [1.82, 2.24) is 15.3 Å². The van der Waals surface area contributed by atoms with E-state index < -0.39 is 20.7 Å². The van der Waals surface area contributed by atoms with Crippen LogP contribution in [-0.4, -0.2) is 41.6 Å². The molecule has 1 aromatic heterocycles. The fraction of sp³-hybridized carbons (Fsp3) is 0.667. The Bertz CT molecular complexity index is 726. The van der Waals surface area contributed by atoms with E-state index in [1.165, 1.54) is 6.33 Å². The molecule has 2 aliphatic rings. The van der Waals surface area contributed by atoms with Crippen LogP contribution >= 0.6 is 0 Å². The second-order valence-electron chi connectivity index (χ2n) is 6.83. The second-order valence-corrected chi connectivity index (χ2v) is 8.70. The first kappa shape index (κ1) is 17.1. The molecule has 0 saturated heterocycles. The quantitative estimate of drug-likeness (QED) is 0.675. The van der Waals surface area contributed by atoms with Gasteiger partial charge >= 0.3 is 0 Å². The normalized spacial score (nSPS) is 25.2. The van der Waals surface area contributed by atoms with Crippen LogP contribution in [0, 0.1) is 12.8 Å². The lowest BCUT2D eigenvalue weighted by Crippen LogP contribution is -2.60. The monoisotopic (exact) mass is 353 g/mol. The molecule has 0 unspecified atom stereocenters. The molecule has 2 fully saturated rings. The Labute approximate surface area is 141 Å². The maximum Gasteiger partial charge on any atom is 0.242 e. The number of hydrogen-bond donors (Lipinski definition) is 3. The molecule has 1 amide bonds. The van der Waals surface area contributed by atoms with Crippen LogP contribution in [-0.2, 0) is 14.8 Å². The Morgan fingerprint density at radius 1 is 1.38 bits per heavy atom. The van der Waals surface area contributed by atoms with Gasteiger partial charge in [-0.3, -0.25) is 4.79 Å². The van der Waals surface area contributed by atoms with Crippen molar-refractivity contribution in [3.05, 3.63) is 18.1 Å². The fourth-order valence-corrected chi connectivity index (χ4v) is 4.49. The Balaban J connectivity index is 1.44. The minimum absolute atomic E-state index is 0.317. The van der Waals surface area contributed by atoms with Crippen LogP contribution in [0.3, 0.4) is 0 Å². The number of anilines is 1. The number of hydrogen-bond acceptors (Lipinski definition) is 6. The molecule has 0 aliphatic heterocycles. The largest absolute Gasteiger partial charge is 0.367 e. The van der Waals surface area contributed by atoms with E-state index in [1.807, 2.05) is 13.0 Å². The minimum Gasteiger partial charge on any atom is -0.367 e. The summed E-state index contributed by atoms with van der Waals surface area (Å²) in [7, 11) is -3.86. The molecule has 0 bridgehead atoms. The standard InChI is InChI=1S/C15H23N5O3S/c1-10-5-13(19-9-18-10)20-12-6-11(7-12)8-17-14(21)15(3-2-4-15)24(16,22)23/h5,9,11-12H,2-4,6-8H2,1H3,(H,17,21)(H2,16,22,23)(H,18,19,20). The number of aromatic nitrogens is 2. The van der Waals surface area contributed by atoms with Gasteiger partial charge < -0.3 is 10.6 Å². The van der Waals surface area contributed by atoms with Gasteiger partial charge in [-0.05, 0) is 44.9 Å². The van der Waals surface area contributed by atoms with Crippen molar-refractivity contribution < 1.29 is 13.2 Å². The highest BCUT2D eigenvalue weighted by atomic mass is 32.2. The summed E-state index contributed by atoms with van der Waals surface area (Å²) < 4.78 is 22.0. The molecule has 0 spiro atoms. The first-order chi connectivity index (χ1) is 11.3. The van der Waals surface area contributed by atoms with Crippen LogP contribution in [0.2, 0.25) is 0 Å². The second kappa shape index (κ2) is 6.29. The molecule has 3 rings (SSSR count).